The maximum Gasteiger partial charge on any atom is 0.311 e. The van der Waals surface area contributed by atoms with E-state index in [9.17, 15) is 4.79 Å². The van der Waals surface area contributed by atoms with Crippen molar-refractivity contribution in [1.29, 1.82) is 0 Å². The van der Waals surface area contributed by atoms with Gasteiger partial charge in [0.25, 0.3) is 0 Å². The molecule has 1 aliphatic carbocycles. The highest BCUT2D eigenvalue weighted by Gasteiger charge is 2.26. The predicted molar refractivity (Wildman–Crippen MR) is 47.6 cm³/mol. The van der Waals surface area contributed by atoms with Gasteiger partial charge < -0.3 is 5.11 Å². The second kappa shape index (κ2) is 2.90. The third-order valence-corrected chi connectivity index (χ3v) is 3.35. The zero-order valence-electron chi connectivity index (χ0n) is 6.62. The van der Waals surface area contributed by atoms with Crippen LogP contribution < -0.4 is 0 Å². The van der Waals surface area contributed by atoms with Crippen molar-refractivity contribution < 1.29 is 9.90 Å². The van der Waals surface area contributed by atoms with E-state index in [-0.39, 0.29) is 5.92 Å². The fourth-order valence-electron chi connectivity index (χ4n) is 1.74. The molecular weight excluding hydrogens is 172 g/mol. The Morgan fingerprint density at radius 2 is 2.50 bits per heavy atom. The molecular formula is C9H10O2S. The lowest BCUT2D eigenvalue weighted by Gasteiger charge is -2.18. The van der Waals surface area contributed by atoms with Gasteiger partial charge in [0.15, 0.2) is 0 Å². The van der Waals surface area contributed by atoms with E-state index in [1.807, 2.05) is 11.4 Å². The fourth-order valence-corrected chi connectivity index (χ4v) is 2.73. The van der Waals surface area contributed by atoms with Crippen LogP contribution >= 0.6 is 11.3 Å². The van der Waals surface area contributed by atoms with Gasteiger partial charge in [0, 0.05) is 4.88 Å². The highest BCUT2D eigenvalue weighted by Crippen LogP contribution is 2.34. The molecule has 3 heteroatoms. The summed E-state index contributed by atoms with van der Waals surface area (Å²) in [5.41, 5.74) is 1.05. The van der Waals surface area contributed by atoms with Gasteiger partial charge in [-0.15, -0.1) is 11.3 Å². The average molecular weight is 182 g/mol. The molecule has 12 heavy (non-hydrogen) atoms. The lowest BCUT2D eigenvalue weighted by Crippen LogP contribution is -2.15. The number of rotatable bonds is 1. The quantitative estimate of drug-likeness (QED) is 0.723. The van der Waals surface area contributed by atoms with Crippen LogP contribution in [0.1, 0.15) is 29.2 Å². The smallest absolute Gasteiger partial charge is 0.311 e. The molecule has 64 valence electrons. The number of thiophene rings is 1. The molecule has 0 saturated carbocycles. The Labute approximate surface area is 74.8 Å². The molecule has 1 heterocycles. The van der Waals surface area contributed by atoms with Crippen LogP contribution in [0.15, 0.2) is 11.4 Å². The first kappa shape index (κ1) is 7.80. The average Bonchev–Trinajstić information content (AvgIpc) is 2.49. The van der Waals surface area contributed by atoms with E-state index in [0.717, 1.165) is 24.8 Å². The molecule has 2 rings (SSSR count). The zero-order valence-corrected chi connectivity index (χ0v) is 7.43. The van der Waals surface area contributed by atoms with Gasteiger partial charge in [0.2, 0.25) is 0 Å². The summed E-state index contributed by atoms with van der Waals surface area (Å²) in [5.74, 6) is -0.908. The van der Waals surface area contributed by atoms with Crippen LogP contribution in [0.4, 0.5) is 0 Å². The molecule has 1 atom stereocenters. The van der Waals surface area contributed by atoms with Crippen molar-refractivity contribution in [2.45, 2.75) is 25.2 Å². The van der Waals surface area contributed by atoms with Crippen molar-refractivity contribution in [3.05, 3.63) is 21.9 Å². The summed E-state index contributed by atoms with van der Waals surface area (Å²) in [5, 5.41) is 10.9. The molecule has 0 saturated heterocycles. The first-order valence-electron chi connectivity index (χ1n) is 4.08. The van der Waals surface area contributed by atoms with Crippen molar-refractivity contribution in [2.75, 3.05) is 0 Å². The van der Waals surface area contributed by atoms with Crippen LogP contribution in [0.2, 0.25) is 0 Å². The van der Waals surface area contributed by atoms with Crippen molar-refractivity contribution >= 4 is 17.3 Å². The van der Waals surface area contributed by atoms with Gasteiger partial charge in [-0.05, 0) is 36.3 Å². The van der Waals surface area contributed by atoms with E-state index < -0.39 is 5.97 Å². The van der Waals surface area contributed by atoms with E-state index in [4.69, 9.17) is 5.11 Å². The molecule has 2 nitrogen and oxygen atoms in total. The number of carboxylic acid groups (broad SMARTS) is 1. The van der Waals surface area contributed by atoms with E-state index in [0.29, 0.717) is 0 Å². The van der Waals surface area contributed by atoms with Gasteiger partial charge in [0.1, 0.15) is 0 Å². The van der Waals surface area contributed by atoms with Crippen LogP contribution in [0.25, 0.3) is 0 Å². The summed E-state index contributed by atoms with van der Waals surface area (Å²) < 4.78 is 0. The van der Waals surface area contributed by atoms with Gasteiger partial charge >= 0.3 is 5.97 Å². The molecule has 0 aliphatic heterocycles. The standard InChI is InChI=1S/C9H10O2S/c10-9(11)7-2-1-3-8-6(7)4-5-12-8/h4-5,7H,1-3H2,(H,10,11)/t7-/m1/s1. The van der Waals surface area contributed by atoms with Crippen LogP contribution in [-0.4, -0.2) is 11.1 Å². The van der Waals surface area contributed by atoms with Crippen LogP contribution in [0, 0.1) is 0 Å². The maximum atomic E-state index is 10.8. The zero-order chi connectivity index (χ0) is 8.55. The van der Waals surface area contributed by atoms with Gasteiger partial charge in [-0.2, -0.15) is 0 Å². The summed E-state index contributed by atoms with van der Waals surface area (Å²) in [4.78, 5) is 12.1. The number of aliphatic carboxylic acids is 1. The number of carboxylic acids is 1. The van der Waals surface area contributed by atoms with Gasteiger partial charge in [-0.1, -0.05) is 0 Å². The molecule has 0 spiro atoms. The molecule has 0 amide bonds. The van der Waals surface area contributed by atoms with Gasteiger partial charge in [0.05, 0.1) is 5.92 Å². The van der Waals surface area contributed by atoms with E-state index >= 15 is 0 Å². The third kappa shape index (κ3) is 1.14. The minimum atomic E-state index is -0.672. The van der Waals surface area contributed by atoms with Crippen molar-refractivity contribution in [3.63, 3.8) is 0 Å². The van der Waals surface area contributed by atoms with E-state index in [1.54, 1.807) is 11.3 Å². The number of carbonyl (C=O) groups is 1. The van der Waals surface area contributed by atoms with Gasteiger partial charge in [-0.3, -0.25) is 4.79 Å². The van der Waals surface area contributed by atoms with E-state index in [2.05, 4.69) is 0 Å². The molecule has 0 bridgehead atoms. The topological polar surface area (TPSA) is 37.3 Å². The Bertz CT molecular complexity index is 303. The Morgan fingerprint density at radius 1 is 1.67 bits per heavy atom. The SMILES string of the molecule is O=C(O)[C@@H]1CCCc2sccc21. The summed E-state index contributed by atoms with van der Waals surface area (Å²) >= 11 is 1.68. The van der Waals surface area contributed by atoms with Gasteiger partial charge in [-0.25, -0.2) is 0 Å². The Balaban J connectivity index is 2.37. The highest BCUT2D eigenvalue weighted by atomic mass is 32.1. The second-order valence-corrected chi connectivity index (χ2v) is 4.08. The molecule has 0 radical (unpaired) electrons. The largest absolute Gasteiger partial charge is 0.481 e. The Hall–Kier alpha value is -0.830. The molecule has 0 fully saturated rings. The molecule has 0 aromatic carbocycles. The molecule has 1 aromatic heterocycles. The highest BCUT2D eigenvalue weighted by molar-refractivity contribution is 7.10. The maximum absolute atomic E-state index is 10.8. The van der Waals surface area contributed by atoms with Crippen molar-refractivity contribution in [2.24, 2.45) is 0 Å². The van der Waals surface area contributed by atoms with Crippen LogP contribution in [0.3, 0.4) is 0 Å². The summed E-state index contributed by atoms with van der Waals surface area (Å²) in [6.07, 6.45) is 2.89. The number of hydrogen-bond donors (Lipinski definition) is 1. The van der Waals surface area contributed by atoms with Crippen molar-refractivity contribution in [3.8, 4) is 0 Å². The number of hydrogen-bond acceptors (Lipinski definition) is 2. The minimum absolute atomic E-state index is 0.236. The number of aryl methyl sites for hydroxylation is 1. The fraction of sp³-hybridized carbons (Fsp3) is 0.444. The first-order chi connectivity index (χ1) is 5.79. The first-order valence-corrected chi connectivity index (χ1v) is 4.96. The minimum Gasteiger partial charge on any atom is -0.481 e. The molecule has 1 aliphatic rings. The summed E-state index contributed by atoms with van der Waals surface area (Å²) in [6, 6.07) is 1.96. The number of fused-ring (bicyclic) bond motifs is 1. The lowest BCUT2D eigenvalue weighted by atomic mass is 9.88. The summed E-state index contributed by atoms with van der Waals surface area (Å²) in [7, 11) is 0. The molecule has 0 unspecified atom stereocenters. The Kier molecular flexibility index (Phi) is 1.89. The van der Waals surface area contributed by atoms with E-state index in [1.165, 1.54) is 4.88 Å². The van der Waals surface area contributed by atoms with Crippen molar-refractivity contribution in [1.82, 2.24) is 0 Å². The molecule has 1 aromatic rings. The predicted octanol–water partition coefficient (Wildman–Crippen LogP) is 2.25. The lowest BCUT2D eigenvalue weighted by molar-refractivity contribution is -0.139. The second-order valence-electron chi connectivity index (χ2n) is 3.08. The molecule has 1 N–H and O–H groups in total. The van der Waals surface area contributed by atoms with Crippen LogP contribution in [0.5, 0.6) is 0 Å². The monoisotopic (exact) mass is 182 g/mol. The summed E-state index contributed by atoms with van der Waals surface area (Å²) in [6.45, 7) is 0. The Morgan fingerprint density at radius 3 is 3.25 bits per heavy atom. The normalized spacial score (nSPS) is 21.8. The van der Waals surface area contributed by atoms with Crippen LogP contribution in [-0.2, 0) is 11.2 Å². The third-order valence-electron chi connectivity index (χ3n) is 2.35.